The van der Waals surface area contributed by atoms with Crippen molar-refractivity contribution >= 4 is 44.6 Å². The lowest BCUT2D eigenvalue weighted by molar-refractivity contribution is 0.750. The fraction of sp³-hybridized carbons (Fsp3) is 0.0755. The number of fused-ring (bicyclic) bond motifs is 7. The number of pyridine rings is 1. The van der Waals surface area contributed by atoms with Crippen LogP contribution in [-0.4, -0.2) is 14.1 Å². The largest absolute Gasteiger partial charge is 0.384 e. The molecule has 2 N–H and O–H groups in total. The van der Waals surface area contributed by atoms with Crippen LogP contribution in [0.5, 0.6) is 0 Å². The lowest BCUT2D eigenvalue weighted by Crippen LogP contribution is -2.29. The van der Waals surface area contributed by atoms with Crippen molar-refractivity contribution in [2.24, 2.45) is 0 Å². The first-order chi connectivity index (χ1) is 28.2. The summed E-state index contributed by atoms with van der Waals surface area (Å²) in [7, 11) is 0. The zero-order valence-electron chi connectivity index (χ0n) is 31.7. The van der Waals surface area contributed by atoms with Crippen molar-refractivity contribution in [1.29, 1.82) is 0 Å². The van der Waals surface area contributed by atoms with Gasteiger partial charge < -0.3 is 10.3 Å². The molecule has 6 aromatic carbocycles. The SMILES string of the molecule is C/C=C\c1c(N)n(-c2ccc(-c3ccc(-n4c5ccccc5c5cc6c(cc54)-c4ncccc4C6(C4=CCCC=C4)c4ccccc4)cc3)cc2)c2ccccc12. The summed E-state index contributed by atoms with van der Waals surface area (Å²) >= 11 is 0. The number of rotatable bonds is 6. The van der Waals surface area contributed by atoms with Gasteiger partial charge in [0.25, 0.3) is 0 Å². The molecule has 272 valence electrons. The molecule has 0 aliphatic heterocycles. The fourth-order valence-electron chi connectivity index (χ4n) is 9.75. The van der Waals surface area contributed by atoms with Crippen LogP contribution in [0, 0.1) is 0 Å². The molecule has 2 aliphatic rings. The van der Waals surface area contributed by atoms with E-state index in [0.29, 0.717) is 0 Å². The van der Waals surface area contributed by atoms with Crippen LogP contribution in [0.2, 0.25) is 0 Å². The Balaban J connectivity index is 1.04. The summed E-state index contributed by atoms with van der Waals surface area (Å²) in [6.45, 7) is 2.03. The molecular formula is C53H40N4. The predicted octanol–water partition coefficient (Wildman–Crippen LogP) is 13.0. The highest BCUT2D eigenvalue weighted by Crippen LogP contribution is 2.57. The van der Waals surface area contributed by atoms with E-state index in [1.54, 1.807) is 0 Å². The lowest BCUT2D eigenvalue weighted by atomic mass is 9.66. The van der Waals surface area contributed by atoms with E-state index < -0.39 is 5.41 Å². The number of nitrogens with zero attached hydrogens (tertiary/aromatic N) is 3. The first kappa shape index (κ1) is 33.2. The highest BCUT2D eigenvalue weighted by atomic mass is 15.1. The number of nitrogen functional groups attached to an aromatic ring is 1. The van der Waals surface area contributed by atoms with Crippen molar-refractivity contribution in [1.82, 2.24) is 14.1 Å². The normalized spacial score (nSPS) is 16.1. The van der Waals surface area contributed by atoms with E-state index in [1.807, 2.05) is 19.2 Å². The highest BCUT2D eigenvalue weighted by Gasteiger charge is 2.48. The van der Waals surface area contributed by atoms with Gasteiger partial charge in [0.15, 0.2) is 0 Å². The standard InChI is InChI=1S/C53H40N4/c1-2-14-43-41-19-9-12-23-49(41)57(52(43)54)40-30-26-36(27-31-40)35-24-28-39(29-25-35)56-48-22-11-10-20-42(48)44-33-47-45(34-50(44)56)51-46(21-13-32-55-51)53(47,37-15-5-3-6-16-37)38-17-7-4-8-18-38/h2-3,5-7,9-34H,4,8,54H2,1H3/b14-2-. The molecule has 0 bridgehead atoms. The molecule has 4 heteroatoms. The molecule has 0 saturated carbocycles. The van der Waals surface area contributed by atoms with E-state index in [4.69, 9.17) is 10.7 Å². The molecule has 57 heavy (non-hydrogen) atoms. The van der Waals surface area contributed by atoms with Crippen LogP contribution in [-0.2, 0) is 5.41 Å². The van der Waals surface area contributed by atoms with Crippen LogP contribution in [0.1, 0.15) is 42.0 Å². The fourth-order valence-corrected chi connectivity index (χ4v) is 9.75. The van der Waals surface area contributed by atoms with Gasteiger partial charge in [-0.1, -0.05) is 127 Å². The van der Waals surface area contributed by atoms with Gasteiger partial charge >= 0.3 is 0 Å². The number of nitrogens with two attached hydrogens (primary N) is 1. The molecule has 11 rings (SSSR count). The third-order valence-electron chi connectivity index (χ3n) is 12.2. The third kappa shape index (κ3) is 4.83. The first-order valence-electron chi connectivity index (χ1n) is 19.9. The molecule has 0 saturated heterocycles. The van der Waals surface area contributed by atoms with Crippen molar-refractivity contribution in [3.63, 3.8) is 0 Å². The van der Waals surface area contributed by atoms with Crippen molar-refractivity contribution in [3.8, 4) is 33.8 Å². The molecule has 3 aromatic heterocycles. The van der Waals surface area contributed by atoms with Gasteiger partial charge in [0.05, 0.1) is 27.7 Å². The van der Waals surface area contributed by atoms with E-state index >= 15 is 0 Å². The second-order valence-corrected chi connectivity index (χ2v) is 15.2. The Labute approximate surface area is 332 Å². The van der Waals surface area contributed by atoms with E-state index in [1.165, 1.54) is 49.6 Å². The molecule has 4 nitrogen and oxygen atoms in total. The Morgan fingerprint density at radius 3 is 1.98 bits per heavy atom. The van der Waals surface area contributed by atoms with Gasteiger partial charge in [-0.05, 0) is 108 Å². The Morgan fingerprint density at radius 2 is 1.28 bits per heavy atom. The number of anilines is 1. The summed E-state index contributed by atoms with van der Waals surface area (Å²) < 4.78 is 4.57. The summed E-state index contributed by atoms with van der Waals surface area (Å²) in [5.41, 5.74) is 22.7. The monoisotopic (exact) mass is 732 g/mol. The summed E-state index contributed by atoms with van der Waals surface area (Å²) in [6.07, 6.45) is 15.3. The van der Waals surface area contributed by atoms with Gasteiger partial charge in [0, 0.05) is 44.9 Å². The Bertz CT molecular complexity index is 3120. The third-order valence-corrected chi connectivity index (χ3v) is 12.2. The van der Waals surface area contributed by atoms with Crippen molar-refractivity contribution in [2.45, 2.75) is 25.2 Å². The lowest BCUT2D eigenvalue weighted by Gasteiger charge is -2.35. The van der Waals surface area contributed by atoms with Crippen molar-refractivity contribution in [3.05, 3.63) is 210 Å². The molecule has 0 spiro atoms. The van der Waals surface area contributed by atoms with Crippen LogP contribution >= 0.6 is 0 Å². The number of allylic oxidation sites excluding steroid dienone is 5. The Hall–Kier alpha value is -7.17. The van der Waals surface area contributed by atoms with E-state index in [-0.39, 0.29) is 0 Å². The first-order valence-corrected chi connectivity index (χ1v) is 19.9. The zero-order valence-corrected chi connectivity index (χ0v) is 31.7. The van der Waals surface area contributed by atoms with Gasteiger partial charge in [0.1, 0.15) is 5.82 Å². The van der Waals surface area contributed by atoms with Gasteiger partial charge in [-0.25, -0.2) is 0 Å². The predicted molar refractivity (Wildman–Crippen MR) is 238 cm³/mol. The van der Waals surface area contributed by atoms with Crippen molar-refractivity contribution in [2.75, 3.05) is 5.73 Å². The summed E-state index contributed by atoms with van der Waals surface area (Å²) in [5.74, 6) is 0.746. The Morgan fingerprint density at radius 1 is 0.614 bits per heavy atom. The molecule has 3 heterocycles. The minimum Gasteiger partial charge on any atom is -0.384 e. The number of para-hydroxylation sites is 2. The quantitative estimate of drug-likeness (QED) is 0.185. The highest BCUT2D eigenvalue weighted by molar-refractivity contribution is 6.11. The van der Waals surface area contributed by atoms with Gasteiger partial charge in [-0.2, -0.15) is 0 Å². The Kier molecular flexibility index (Phi) is 7.55. The van der Waals surface area contributed by atoms with Crippen LogP contribution in [0.15, 0.2) is 188 Å². The summed E-state index contributed by atoms with van der Waals surface area (Å²) in [5, 5.41) is 3.63. The van der Waals surface area contributed by atoms with Crippen LogP contribution < -0.4 is 5.73 Å². The van der Waals surface area contributed by atoms with Crippen LogP contribution in [0.25, 0.3) is 72.5 Å². The van der Waals surface area contributed by atoms with E-state index in [2.05, 4.69) is 185 Å². The molecule has 0 radical (unpaired) electrons. The molecule has 1 unspecified atom stereocenters. The second-order valence-electron chi connectivity index (χ2n) is 15.2. The molecule has 0 amide bonds. The molecular weight excluding hydrogens is 693 g/mol. The topological polar surface area (TPSA) is 48.8 Å². The maximum absolute atomic E-state index is 6.75. The molecule has 0 fully saturated rings. The van der Waals surface area contributed by atoms with E-state index in [9.17, 15) is 0 Å². The van der Waals surface area contributed by atoms with E-state index in [0.717, 1.165) is 63.3 Å². The van der Waals surface area contributed by atoms with Gasteiger partial charge in [-0.15, -0.1) is 0 Å². The van der Waals surface area contributed by atoms with Crippen LogP contribution in [0.4, 0.5) is 5.82 Å². The zero-order chi connectivity index (χ0) is 38.1. The smallest absolute Gasteiger partial charge is 0.116 e. The number of aromatic nitrogens is 3. The number of hydrogen-bond acceptors (Lipinski definition) is 2. The van der Waals surface area contributed by atoms with Crippen LogP contribution in [0.3, 0.4) is 0 Å². The average molecular weight is 733 g/mol. The molecule has 9 aromatic rings. The number of benzene rings is 6. The summed E-state index contributed by atoms with van der Waals surface area (Å²) in [6, 6.07) is 55.2. The van der Waals surface area contributed by atoms with Crippen molar-refractivity contribution < 1.29 is 0 Å². The maximum Gasteiger partial charge on any atom is 0.116 e. The molecule has 1 atom stereocenters. The average Bonchev–Trinajstić information content (AvgIpc) is 3.86. The molecule has 2 aliphatic carbocycles. The minimum atomic E-state index is -0.458. The number of hydrogen-bond donors (Lipinski definition) is 1. The second kappa shape index (κ2) is 13.0. The maximum atomic E-state index is 6.75. The van der Waals surface area contributed by atoms with Gasteiger partial charge in [0.2, 0.25) is 0 Å². The summed E-state index contributed by atoms with van der Waals surface area (Å²) in [4.78, 5) is 5.11. The van der Waals surface area contributed by atoms with Gasteiger partial charge in [-0.3, -0.25) is 9.55 Å². The minimum absolute atomic E-state index is 0.458.